The Hall–Kier alpha value is -3.64. The minimum atomic E-state index is -0.947. The molecule has 1 saturated heterocycles. The summed E-state index contributed by atoms with van der Waals surface area (Å²) in [6, 6.07) is 14.0. The number of aliphatic hydroxyl groups excluding tert-OH is 1. The molecule has 192 valence electrons. The van der Waals surface area contributed by atoms with Crippen molar-refractivity contribution in [2.75, 3.05) is 12.0 Å². The lowest BCUT2D eigenvalue weighted by Crippen LogP contribution is -2.29. The van der Waals surface area contributed by atoms with Crippen LogP contribution in [0.5, 0.6) is 5.75 Å². The highest BCUT2D eigenvalue weighted by atomic mass is 35.5. The van der Waals surface area contributed by atoms with E-state index in [1.165, 1.54) is 17.0 Å². The Labute approximate surface area is 221 Å². The summed E-state index contributed by atoms with van der Waals surface area (Å²) in [4.78, 5) is 28.1. The highest BCUT2D eigenvalue weighted by molar-refractivity contribution is 6.51. The van der Waals surface area contributed by atoms with Crippen LogP contribution in [-0.4, -0.2) is 23.9 Å². The van der Waals surface area contributed by atoms with E-state index >= 15 is 0 Å². The molecule has 3 aromatic rings. The Morgan fingerprint density at radius 2 is 1.65 bits per heavy atom. The molecule has 4 rings (SSSR count). The molecule has 0 spiro atoms. The van der Waals surface area contributed by atoms with Crippen LogP contribution in [0.15, 0.2) is 60.2 Å². The van der Waals surface area contributed by atoms with Crippen LogP contribution in [0.3, 0.4) is 0 Å². The summed E-state index contributed by atoms with van der Waals surface area (Å²) in [6.45, 7) is 9.88. The number of ether oxygens (including phenoxy) is 1. The summed E-state index contributed by atoms with van der Waals surface area (Å²) >= 11 is 6.03. The average Bonchev–Trinajstić information content (AvgIpc) is 3.11. The highest BCUT2D eigenvalue weighted by Gasteiger charge is 2.47. The number of anilines is 1. The maximum atomic E-state index is 13.9. The van der Waals surface area contributed by atoms with Crippen LogP contribution in [0.2, 0.25) is 5.02 Å². The Balaban J connectivity index is 1.97. The topological polar surface area (TPSA) is 66.8 Å². The molecule has 37 heavy (non-hydrogen) atoms. The van der Waals surface area contributed by atoms with Crippen LogP contribution in [0.4, 0.5) is 10.1 Å². The summed E-state index contributed by atoms with van der Waals surface area (Å²) in [5.41, 5.74) is 3.64. The van der Waals surface area contributed by atoms with Gasteiger partial charge < -0.3 is 9.84 Å². The molecule has 0 saturated carbocycles. The molecule has 3 aromatic carbocycles. The molecule has 1 amide bonds. The maximum Gasteiger partial charge on any atom is 0.300 e. The summed E-state index contributed by atoms with van der Waals surface area (Å²) in [5.74, 6) is -1.96. The van der Waals surface area contributed by atoms with Gasteiger partial charge in [0.15, 0.2) is 0 Å². The lowest BCUT2D eigenvalue weighted by Gasteiger charge is -2.27. The molecule has 1 heterocycles. The van der Waals surface area contributed by atoms with E-state index in [1.807, 2.05) is 31.2 Å². The zero-order chi connectivity index (χ0) is 27.2. The van der Waals surface area contributed by atoms with E-state index in [9.17, 15) is 19.1 Å². The smallest absolute Gasteiger partial charge is 0.300 e. The number of halogens is 2. The first-order chi connectivity index (χ1) is 17.3. The molecular formula is C30H29ClFNO4. The van der Waals surface area contributed by atoms with Gasteiger partial charge in [-0.15, -0.1) is 0 Å². The number of aryl methyl sites for hydroxylation is 2. The minimum Gasteiger partial charge on any atom is -0.507 e. The Kier molecular flexibility index (Phi) is 6.91. The first-order valence-corrected chi connectivity index (χ1v) is 12.2. The largest absolute Gasteiger partial charge is 0.507 e. The van der Waals surface area contributed by atoms with Gasteiger partial charge in [0.05, 0.1) is 23.7 Å². The number of carbonyl (C=O) groups excluding carboxylic acids is 2. The van der Waals surface area contributed by atoms with E-state index in [-0.39, 0.29) is 27.5 Å². The van der Waals surface area contributed by atoms with E-state index in [2.05, 4.69) is 20.8 Å². The molecule has 5 nitrogen and oxygen atoms in total. The van der Waals surface area contributed by atoms with Crippen molar-refractivity contribution in [3.8, 4) is 5.75 Å². The molecule has 7 heteroatoms. The van der Waals surface area contributed by atoms with Crippen molar-refractivity contribution in [1.29, 1.82) is 0 Å². The Morgan fingerprint density at radius 1 is 1.00 bits per heavy atom. The number of hydrogen-bond donors (Lipinski definition) is 1. The molecule has 1 unspecified atom stereocenters. The normalized spacial score (nSPS) is 17.4. The Morgan fingerprint density at radius 3 is 2.22 bits per heavy atom. The fourth-order valence-electron chi connectivity index (χ4n) is 4.62. The van der Waals surface area contributed by atoms with Gasteiger partial charge in [0, 0.05) is 11.3 Å². The van der Waals surface area contributed by atoms with E-state index in [0.717, 1.165) is 17.2 Å². The SMILES string of the molecule is COc1cc(C)c(/C(O)=C2\C(=O)C(=O)N(c3ccc(F)c(Cl)c3)C2c2ccc(C(C)(C)C)cc2)cc1C. The maximum absolute atomic E-state index is 13.9. The average molecular weight is 522 g/mol. The van der Waals surface area contributed by atoms with Gasteiger partial charge in [-0.2, -0.15) is 0 Å². The van der Waals surface area contributed by atoms with Crippen molar-refractivity contribution in [3.63, 3.8) is 0 Å². The number of ketones is 1. The number of hydrogen-bond acceptors (Lipinski definition) is 4. The second kappa shape index (κ2) is 9.67. The molecule has 0 bridgehead atoms. The van der Waals surface area contributed by atoms with Gasteiger partial charge in [0.2, 0.25) is 0 Å². The third kappa shape index (κ3) is 4.74. The fraction of sp³-hybridized carbons (Fsp3) is 0.267. The predicted molar refractivity (Wildman–Crippen MR) is 144 cm³/mol. The Bertz CT molecular complexity index is 1440. The van der Waals surface area contributed by atoms with Gasteiger partial charge in [-0.25, -0.2) is 4.39 Å². The van der Waals surface area contributed by atoms with E-state index in [0.29, 0.717) is 22.4 Å². The van der Waals surface area contributed by atoms with Crippen LogP contribution in [0, 0.1) is 19.7 Å². The monoisotopic (exact) mass is 521 g/mol. The first-order valence-electron chi connectivity index (χ1n) is 11.9. The third-order valence-corrected chi connectivity index (χ3v) is 7.00. The quantitative estimate of drug-likeness (QED) is 0.227. The van der Waals surface area contributed by atoms with E-state index in [1.54, 1.807) is 26.2 Å². The van der Waals surface area contributed by atoms with Gasteiger partial charge >= 0.3 is 0 Å². The lowest BCUT2D eigenvalue weighted by molar-refractivity contribution is -0.132. The summed E-state index contributed by atoms with van der Waals surface area (Å²) in [7, 11) is 1.56. The van der Waals surface area contributed by atoms with Crippen LogP contribution in [0.1, 0.15) is 54.6 Å². The van der Waals surface area contributed by atoms with Crippen LogP contribution >= 0.6 is 11.6 Å². The summed E-state index contributed by atoms with van der Waals surface area (Å²) in [6.07, 6.45) is 0. The molecule has 0 aromatic heterocycles. The zero-order valence-electron chi connectivity index (χ0n) is 21.6. The van der Waals surface area contributed by atoms with Crippen molar-refractivity contribution in [1.82, 2.24) is 0 Å². The van der Waals surface area contributed by atoms with Gasteiger partial charge in [-0.05, 0) is 71.8 Å². The number of Topliss-reactive ketones (excluding diaryl/α,β-unsaturated/α-hetero) is 1. The number of benzene rings is 3. The minimum absolute atomic E-state index is 0.0541. The van der Waals surface area contributed by atoms with Crippen LogP contribution < -0.4 is 9.64 Å². The molecular weight excluding hydrogens is 493 g/mol. The van der Waals surface area contributed by atoms with Gasteiger partial charge in [0.1, 0.15) is 17.3 Å². The standard InChI is InChI=1S/C30H29ClFNO4/c1-16-14-24(37-6)17(2)13-21(16)27(34)25-26(18-7-9-19(10-8-18)30(3,4)5)33(29(36)28(25)35)20-11-12-23(32)22(31)15-20/h7-15,26,34H,1-6H3/b27-25+. The summed E-state index contributed by atoms with van der Waals surface area (Å²) < 4.78 is 19.3. The van der Waals surface area contributed by atoms with Gasteiger partial charge in [0.25, 0.3) is 11.7 Å². The van der Waals surface area contributed by atoms with Gasteiger partial charge in [-0.1, -0.05) is 56.6 Å². The molecule has 1 N–H and O–H groups in total. The van der Waals surface area contributed by atoms with Crippen molar-refractivity contribution in [3.05, 3.63) is 98.8 Å². The molecule has 1 fully saturated rings. The summed E-state index contributed by atoms with van der Waals surface area (Å²) in [5, 5.41) is 11.3. The van der Waals surface area contributed by atoms with Gasteiger partial charge in [-0.3, -0.25) is 14.5 Å². The second-order valence-corrected chi connectivity index (χ2v) is 10.7. The fourth-order valence-corrected chi connectivity index (χ4v) is 4.80. The molecule has 1 atom stereocenters. The number of methoxy groups -OCH3 is 1. The number of rotatable bonds is 4. The van der Waals surface area contributed by atoms with Crippen LogP contribution in [-0.2, 0) is 15.0 Å². The van der Waals surface area contributed by atoms with Crippen LogP contribution in [0.25, 0.3) is 5.76 Å². The van der Waals surface area contributed by atoms with Crippen molar-refractivity contribution >= 4 is 34.7 Å². The molecule has 1 aliphatic heterocycles. The predicted octanol–water partition coefficient (Wildman–Crippen LogP) is 7.03. The van der Waals surface area contributed by atoms with E-state index in [4.69, 9.17) is 16.3 Å². The second-order valence-electron chi connectivity index (χ2n) is 10.3. The number of nitrogens with zero attached hydrogens (tertiary/aromatic N) is 1. The highest BCUT2D eigenvalue weighted by Crippen LogP contribution is 2.44. The lowest BCUT2D eigenvalue weighted by atomic mass is 9.85. The van der Waals surface area contributed by atoms with Crippen molar-refractivity contribution in [2.24, 2.45) is 0 Å². The number of carbonyl (C=O) groups is 2. The molecule has 1 aliphatic rings. The zero-order valence-corrected chi connectivity index (χ0v) is 22.4. The molecule has 0 radical (unpaired) electrons. The van der Waals surface area contributed by atoms with Crippen molar-refractivity contribution in [2.45, 2.75) is 46.1 Å². The van der Waals surface area contributed by atoms with E-state index < -0.39 is 23.5 Å². The number of aliphatic hydroxyl groups is 1. The van der Waals surface area contributed by atoms with Crippen molar-refractivity contribution < 1.29 is 23.8 Å². The third-order valence-electron chi connectivity index (χ3n) is 6.72. The number of amides is 1. The molecule has 0 aliphatic carbocycles. The first kappa shape index (κ1) is 26.4.